The number of hydrogen-bond acceptors (Lipinski definition) is 4. The second-order valence-corrected chi connectivity index (χ2v) is 10.0. The molecule has 4 aromatic rings. The van der Waals surface area contributed by atoms with Gasteiger partial charge in [-0.05, 0) is 29.3 Å². The zero-order valence-electron chi connectivity index (χ0n) is 20.3. The third kappa shape index (κ3) is 2.81. The van der Waals surface area contributed by atoms with E-state index in [9.17, 15) is 14.4 Å². The van der Waals surface area contributed by atoms with Gasteiger partial charge in [0.25, 0.3) is 0 Å². The Bertz CT molecular complexity index is 1640. The number of nitrogens with zero attached hydrogens (tertiary/aromatic N) is 1. The van der Waals surface area contributed by atoms with Gasteiger partial charge in [0.2, 0.25) is 0 Å². The predicted octanol–water partition coefficient (Wildman–Crippen LogP) is 6.14. The van der Waals surface area contributed by atoms with Crippen LogP contribution in [0.4, 0.5) is 10.1 Å². The molecule has 1 spiro atoms. The Morgan fingerprint density at radius 2 is 1.34 bits per heavy atom. The molecule has 2 aliphatic heterocycles. The Morgan fingerprint density at radius 1 is 0.737 bits per heavy atom. The van der Waals surface area contributed by atoms with Crippen LogP contribution in [0, 0.1) is 11.2 Å². The number of ketones is 3. The Hall–Kier alpha value is -4.64. The molecule has 1 fully saturated rings. The minimum Gasteiger partial charge on any atom is -0.352 e. The molecular weight excluding hydrogens is 477 g/mol. The van der Waals surface area contributed by atoms with E-state index in [4.69, 9.17) is 0 Å². The van der Waals surface area contributed by atoms with Gasteiger partial charge in [-0.3, -0.25) is 14.4 Å². The summed E-state index contributed by atoms with van der Waals surface area (Å²) >= 11 is 0. The molecule has 0 aromatic heterocycles. The standard InChI is InChI=1S/C33H22FNO3/c34-25-16-8-7-15-24(25)30(36)29-28(21-11-2-1-3-12-21)33(31(37)22-13-5-6-14-23(22)32(33)38)27-19-18-20-10-4-9-17-26(20)35(27)29/h1-19,27-29H/t27-,28-,29-/m0/s1. The highest BCUT2D eigenvalue weighted by Gasteiger charge is 2.71. The van der Waals surface area contributed by atoms with Crippen molar-refractivity contribution in [3.8, 4) is 0 Å². The fraction of sp³-hybridized carbons (Fsp3) is 0.121. The summed E-state index contributed by atoms with van der Waals surface area (Å²) in [6.07, 6.45) is 3.79. The quantitative estimate of drug-likeness (QED) is 0.251. The van der Waals surface area contributed by atoms with Crippen LogP contribution in [0.15, 0.2) is 109 Å². The smallest absolute Gasteiger partial charge is 0.188 e. The van der Waals surface area contributed by atoms with E-state index < -0.39 is 35.0 Å². The van der Waals surface area contributed by atoms with Gasteiger partial charge in [-0.25, -0.2) is 4.39 Å². The summed E-state index contributed by atoms with van der Waals surface area (Å²) in [7, 11) is 0. The van der Waals surface area contributed by atoms with Crippen LogP contribution >= 0.6 is 0 Å². The average Bonchev–Trinajstić information content (AvgIpc) is 3.40. The van der Waals surface area contributed by atoms with Crippen molar-refractivity contribution in [1.82, 2.24) is 0 Å². The Morgan fingerprint density at radius 3 is 2.05 bits per heavy atom. The lowest BCUT2D eigenvalue weighted by Gasteiger charge is -2.37. The molecule has 1 saturated heterocycles. The van der Waals surface area contributed by atoms with Gasteiger partial charge < -0.3 is 4.90 Å². The number of rotatable bonds is 3. The maximum atomic E-state index is 15.1. The van der Waals surface area contributed by atoms with Gasteiger partial charge in [0.1, 0.15) is 17.3 Å². The average molecular weight is 500 g/mol. The van der Waals surface area contributed by atoms with Crippen LogP contribution in [-0.2, 0) is 0 Å². The van der Waals surface area contributed by atoms with Gasteiger partial charge in [0, 0.05) is 22.7 Å². The first-order valence-corrected chi connectivity index (χ1v) is 12.6. The second kappa shape index (κ2) is 8.18. The largest absolute Gasteiger partial charge is 0.352 e. The van der Waals surface area contributed by atoms with E-state index in [-0.39, 0.29) is 17.1 Å². The number of halogens is 1. The van der Waals surface area contributed by atoms with Gasteiger partial charge in [0.05, 0.1) is 11.6 Å². The molecule has 1 aliphatic carbocycles. The SMILES string of the molecule is O=C(c1ccccc1F)[C@@H]1[C@H](c2ccccc2)C2(C(=O)c3ccccc3C2=O)[C@@H]2C=Cc3ccccc3N12. The van der Waals surface area contributed by atoms with E-state index in [0.29, 0.717) is 16.7 Å². The number of carbonyl (C=O) groups excluding carboxylic acids is 3. The first kappa shape index (κ1) is 22.5. The van der Waals surface area contributed by atoms with Crippen LogP contribution in [-0.4, -0.2) is 29.4 Å². The minimum atomic E-state index is -1.58. The lowest BCUT2D eigenvalue weighted by molar-refractivity contribution is 0.0666. The van der Waals surface area contributed by atoms with Crippen molar-refractivity contribution < 1.29 is 18.8 Å². The molecule has 0 radical (unpaired) electrons. The topological polar surface area (TPSA) is 54.5 Å². The van der Waals surface area contributed by atoms with E-state index in [1.807, 2.05) is 71.6 Å². The Balaban J connectivity index is 1.56. The van der Waals surface area contributed by atoms with E-state index in [1.54, 1.807) is 36.4 Å². The van der Waals surface area contributed by atoms with E-state index >= 15 is 4.39 Å². The molecule has 5 heteroatoms. The second-order valence-electron chi connectivity index (χ2n) is 10.0. The van der Waals surface area contributed by atoms with Crippen LogP contribution in [0.25, 0.3) is 6.08 Å². The molecule has 4 nitrogen and oxygen atoms in total. The third-order valence-corrected chi connectivity index (χ3v) is 8.28. The van der Waals surface area contributed by atoms with Crippen molar-refractivity contribution in [3.63, 3.8) is 0 Å². The summed E-state index contributed by atoms with van der Waals surface area (Å²) in [5.74, 6) is -2.52. The number of hydrogen-bond donors (Lipinski definition) is 0. The zero-order chi connectivity index (χ0) is 26.0. The summed E-state index contributed by atoms with van der Waals surface area (Å²) in [5, 5.41) is 0. The molecule has 0 N–H and O–H groups in total. The van der Waals surface area contributed by atoms with Crippen molar-refractivity contribution in [2.24, 2.45) is 5.41 Å². The van der Waals surface area contributed by atoms with Crippen molar-refractivity contribution in [2.45, 2.75) is 18.0 Å². The maximum absolute atomic E-state index is 15.1. The van der Waals surface area contributed by atoms with Gasteiger partial charge in [-0.2, -0.15) is 0 Å². The fourth-order valence-corrected chi connectivity index (χ4v) is 6.77. The summed E-state index contributed by atoms with van der Waals surface area (Å²) < 4.78 is 15.1. The maximum Gasteiger partial charge on any atom is 0.188 e. The van der Waals surface area contributed by atoms with Crippen molar-refractivity contribution >= 4 is 29.1 Å². The number of anilines is 1. The lowest BCUT2D eigenvalue weighted by atomic mass is 9.64. The number of fused-ring (bicyclic) bond motifs is 5. The molecule has 4 aromatic carbocycles. The van der Waals surface area contributed by atoms with Crippen molar-refractivity contribution in [2.75, 3.05) is 4.90 Å². The van der Waals surface area contributed by atoms with Crippen LogP contribution in [0.1, 0.15) is 48.1 Å². The summed E-state index contributed by atoms with van der Waals surface area (Å²) in [5.41, 5.74) is 1.39. The van der Waals surface area contributed by atoms with Gasteiger partial charge in [-0.1, -0.05) is 97.1 Å². The van der Waals surface area contributed by atoms with Gasteiger partial charge in [-0.15, -0.1) is 0 Å². The molecule has 0 unspecified atom stereocenters. The van der Waals surface area contributed by atoms with Crippen LogP contribution in [0.5, 0.6) is 0 Å². The molecule has 0 bridgehead atoms. The van der Waals surface area contributed by atoms with Crippen LogP contribution < -0.4 is 4.90 Å². The minimum absolute atomic E-state index is 0.0586. The first-order valence-electron chi connectivity index (χ1n) is 12.6. The highest BCUT2D eigenvalue weighted by Crippen LogP contribution is 2.60. The molecule has 2 heterocycles. The summed E-state index contributed by atoms with van der Waals surface area (Å²) in [6, 6.07) is 27.9. The Labute approximate surface area is 219 Å². The monoisotopic (exact) mass is 499 g/mol. The van der Waals surface area contributed by atoms with Crippen LogP contribution in [0.2, 0.25) is 0 Å². The van der Waals surface area contributed by atoms with Gasteiger partial charge >= 0.3 is 0 Å². The molecule has 184 valence electrons. The first-order chi connectivity index (χ1) is 18.5. The Kier molecular flexibility index (Phi) is 4.86. The van der Waals surface area contributed by atoms with E-state index in [0.717, 1.165) is 11.3 Å². The van der Waals surface area contributed by atoms with E-state index in [1.165, 1.54) is 12.1 Å². The molecule has 0 amide bonds. The molecule has 38 heavy (non-hydrogen) atoms. The summed E-state index contributed by atoms with van der Waals surface area (Å²) in [6.45, 7) is 0. The third-order valence-electron chi connectivity index (χ3n) is 8.28. The normalized spacial score (nSPS) is 22.3. The number of Topliss-reactive ketones (excluding diaryl/α,β-unsaturated/α-hetero) is 3. The molecular formula is C33H22FNO3. The van der Waals surface area contributed by atoms with Crippen molar-refractivity contribution in [3.05, 3.63) is 143 Å². The fourth-order valence-electron chi connectivity index (χ4n) is 6.77. The lowest BCUT2D eigenvalue weighted by Crippen LogP contribution is -2.48. The molecule has 7 rings (SSSR count). The predicted molar refractivity (Wildman–Crippen MR) is 143 cm³/mol. The van der Waals surface area contributed by atoms with Crippen molar-refractivity contribution in [1.29, 1.82) is 0 Å². The van der Waals surface area contributed by atoms with Crippen LogP contribution in [0.3, 0.4) is 0 Å². The zero-order valence-corrected chi connectivity index (χ0v) is 20.3. The van der Waals surface area contributed by atoms with Gasteiger partial charge in [0.15, 0.2) is 17.3 Å². The number of benzene rings is 4. The number of para-hydroxylation sites is 1. The highest BCUT2D eigenvalue weighted by molar-refractivity contribution is 6.32. The molecule has 3 aliphatic rings. The summed E-state index contributed by atoms with van der Waals surface area (Å²) in [4.78, 5) is 45.3. The number of carbonyl (C=O) groups is 3. The molecule has 0 saturated carbocycles. The highest BCUT2D eigenvalue weighted by atomic mass is 19.1. The van der Waals surface area contributed by atoms with E-state index in [2.05, 4.69) is 0 Å². The molecule has 3 atom stereocenters.